The summed E-state index contributed by atoms with van der Waals surface area (Å²) in [6.07, 6.45) is -1.32. The molecular formula is C42H42N6O7S2. The second-order valence-corrected chi connectivity index (χ2v) is 16.5. The number of anilines is 1. The van der Waals surface area contributed by atoms with Crippen LogP contribution in [0, 0.1) is 12.8 Å². The molecule has 0 aliphatic carbocycles. The van der Waals surface area contributed by atoms with Crippen LogP contribution in [-0.4, -0.2) is 62.6 Å². The molecule has 0 radical (unpaired) electrons. The van der Waals surface area contributed by atoms with Crippen molar-refractivity contribution in [1.82, 2.24) is 24.9 Å². The van der Waals surface area contributed by atoms with E-state index in [2.05, 4.69) is 32.5 Å². The lowest BCUT2D eigenvalue weighted by Crippen LogP contribution is -2.45. The molecule has 1 saturated heterocycles. The summed E-state index contributed by atoms with van der Waals surface area (Å²) in [6, 6.07) is 35.9. The van der Waals surface area contributed by atoms with Crippen LogP contribution in [0.4, 0.5) is 5.69 Å². The van der Waals surface area contributed by atoms with Crippen molar-refractivity contribution in [3.63, 3.8) is 0 Å². The van der Waals surface area contributed by atoms with Crippen molar-refractivity contribution in [3.8, 4) is 11.4 Å². The van der Waals surface area contributed by atoms with Crippen LogP contribution in [0.5, 0.6) is 5.75 Å². The molecule has 0 saturated carbocycles. The number of aromatic nitrogens is 4. The SMILES string of the molecule is Cc1ccc(S(=O)(=O)N[C@H](Cc2ccccc2)C(=O)Nc2ccc([C@@H]3O[C@H](CSc4nnnn4-c4ccc(O)cc4)[C@H](C)[C@H](c4ccc(CO)cc4)O3)cc2)cc1. The molecule has 6 aromatic rings. The first-order chi connectivity index (χ1) is 27.6. The number of aliphatic hydroxyl groups is 1. The number of carbonyl (C=O) groups is 1. The van der Waals surface area contributed by atoms with Gasteiger partial charge in [-0.1, -0.05) is 103 Å². The minimum absolute atomic E-state index is 0.0698. The molecule has 5 atom stereocenters. The second kappa shape index (κ2) is 17.8. The zero-order chi connectivity index (χ0) is 39.9. The Bertz CT molecular complexity index is 2360. The Labute approximate surface area is 335 Å². The van der Waals surface area contributed by atoms with E-state index < -0.39 is 28.3 Å². The van der Waals surface area contributed by atoms with E-state index in [1.54, 1.807) is 65.3 Å². The average molecular weight is 807 g/mol. The van der Waals surface area contributed by atoms with E-state index in [0.717, 1.165) is 22.3 Å². The molecule has 1 aromatic heterocycles. The molecule has 0 unspecified atom stereocenters. The Balaban J connectivity index is 1.09. The molecule has 7 rings (SSSR count). The van der Waals surface area contributed by atoms with E-state index in [1.807, 2.05) is 61.5 Å². The molecule has 15 heteroatoms. The van der Waals surface area contributed by atoms with Gasteiger partial charge in [-0.05, 0) is 89.0 Å². The molecule has 5 aromatic carbocycles. The molecular weight excluding hydrogens is 765 g/mol. The number of nitrogens with zero attached hydrogens (tertiary/aromatic N) is 4. The van der Waals surface area contributed by atoms with Crippen LogP contribution in [0.1, 0.15) is 47.1 Å². The smallest absolute Gasteiger partial charge is 0.242 e. The third-order valence-corrected chi connectivity index (χ3v) is 12.2. The summed E-state index contributed by atoms with van der Waals surface area (Å²) in [6.45, 7) is 3.86. The van der Waals surface area contributed by atoms with Crippen molar-refractivity contribution in [2.45, 2.75) is 61.5 Å². The third-order valence-electron chi connectivity index (χ3n) is 9.71. The van der Waals surface area contributed by atoms with E-state index in [-0.39, 0.29) is 41.8 Å². The summed E-state index contributed by atoms with van der Waals surface area (Å²) in [5.74, 6) is 0.00802. The second-order valence-electron chi connectivity index (χ2n) is 13.8. The maximum Gasteiger partial charge on any atom is 0.242 e. The topological polar surface area (TPSA) is 178 Å². The van der Waals surface area contributed by atoms with Crippen molar-refractivity contribution < 1.29 is 32.9 Å². The molecule has 1 aliphatic heterocycles. The summed E-state index contributed by atoms with van der Waals surface area (Å²) in [4.78, 5) is 13.8. The van der Waals surface area contributed by atoms with Gasteiger partial charge in [0.15, 0.2) is 6.29 Å². The first kappa shape index (κ1) is 39.8. The van der Waals surface area contributed by atoms with Crippen LogP contribution in [0.2, 0.25) is 0 Å². The molecule has 2 heterocycles. The third kappa shape index (κ3) is 9.76. The number of phenolic OH excluding ortho intramolecular Hbond substituents is 1. The molecule has 294 valence electrons. The number of benzene rings is 5. The van der Waals surface area contributed by atoms with E-state index in [0.29, 0.717) is 27.8 Å². The Morgan fingerprint density at radius 2 is 1.54 bits per heavy atom. The first-order valence-corrected chi connectivity index (χ1v) is 20.8. The first-order valence-electron chi connectivity index (χ1n) is 18.3. The molecule has 0 spiro atoms. The highest BCUT2D eigenvalue weighted by Crippen LogP contribution is 2.43. The molecule has 57 heavy (non-hydrogen) atoms. The highest BCUT2D eigenvalue weighted by atomic mass is 32.2. The Morgan fingerprint density at radius 1 is 0.860 bits per heavy atom. The van der Waals surface area contributed by atoms with Gasteiger partial charge in [-0.25, -0.2) is 8.42 Å². The Hall–Kier alpha value is -5.42. The van der Waals surface area contributed by atoms with Crippen LogP contribution in [0.3, 0.4) is 0 Å². The lowest BCUT2D eigenvalue weighted by molar-refractivity contribution is -0.268. The van der Waals surface area contributed by atoms with Crippen molar-refractivity contribution in [2.24, 2.45) is 5.92 Å². The fraction of sp³-hybridized carbons (Fsp3) is 0.238. The van der Waals surface area contributed by atoms with Gasteiger partial charge in [0, 0.05) is 22.9 Å². The maximum absolute atomic E-state index is 13.8. The number of aryl methyl sites for hydroxylation is 1. The van der Waals surface area contributed by atoms with Crippen LogP contribution >= 0.6 is 11.8 Å². The Morgan fingerprint density at radius 3 is 2.23 bits per heavy atom. The monoisotopic (exact) mass is 806 g/mol. The predicted molar refractivity (Wildman–Crippen MR) is 215 cm³/mol. The largest absolute Gasteiger partial charge is 0.508 e. The lowest BCUT2D eigenvalue weighted by Gasteiger charge is -2.41. The highest BCUT2D eigenvalue weighted by Gasteiger charge is 2.39. The number of aliphatic hydroxyl groups excluding tert-OH is 1. The van der Waals surface area contributed by atoms with Gasteiger partial charge < -0.3 is 25.0 Å². The average Bonchev–Trinajstić information content (AvgIpc) is 3.70. The minimum Gasteiger partial charge on any atom is -0.508 e. The summed E-state index contributed by atoms with van der Waals surface area (Å²) in [7, 11) is -4.01. The number of hydrogen-bond acceptors (Lipinski definition) is 11. The number of phenols is 1. The standard InChI is InChI=1S/C42H42N6O7S2/c1-27-8-22-36(23-9-27)57(52,53)45-37(24-29-6-4-3-5-7-29)40(51)43-33-16-14-32(15-17-33)41-54-38(28(2)39(55-41)31-12-10-30(25-49)11-13-31)26-56-42-44-46-47-48(42)34-18-20-35(50)21-19-34/h3-23,28,37-39,41,45,49-50H,24-26H2,1-2H3,(H,43,51)/t28-,37+,38+,39+,41+/m0/s1. The fourth-order valence-corrected chi connectivity index (χ4v) is 8.70. The van der Waals surface area contributed by atoms with Crippen molar-refractivity contribution >= 4 is 33.4 Å². The number of ether oxygens (including phenoxy) is 2. The van der Waals surface area contributed by atoms with E-state index in [9.17, 15) is 23.4 Å². The van der Waals surface area contributed by atoms with Crippen LogP contribution in [-0.2, 0) is 37.3 Å². The lowest BCUT2D eigenvalue weighted by atomic mass is 9.91. The number of tetrazole rings is 1. The zero-order valence-electron chi connectivity index (χ0n) is 31.2. The van der Waals surface area contributed by atoms with Gasteiger partial charge in [0.05, 0.1) is 29.4 Å². The quantitative estimate of drug-likeness (QED) is 0.0912. The molecule has 1 amide bonds. The van der Waals surface area contributed by atoms with Gasteiger partial charge in [0.25, 0.3) is 0 Å². The van der Waals surface area contributed by atoms with Crippen LogP contribution in [0.25, 0.3) is 5.69 Å². The summed E-state index contributed by atoms with van der Waals surface area (Å²) >= 11 is 1.43. The summed E-state index contributed by atoms with van der Waals surface area (Å²) in [5, 5.41) is 35.1. The molecule has 1 fully saturated rings. The van der Waals surface area contributed by atoms with Gasteiger partial charge >= 0.3 is 0 Å². The molecule has 4 N–H and O–H groups in total. The van der Waals surface area contributed by atoms with Gasteiger partial charge in [-0.15, -0.1) is 5.10 Å². The number of thioether (sulfide) groups is 1. The fourth-order valence-electron chi connectivity index (χ4n) is 6.45. The van der Waals surface area contributed by atoms with E-state index >= 15 is 0 Å². The van der Waals surface area contributed by atoms with E-state index in [4.69, 9.17) is 9.47 Å². The molecule has 13 nitrogen and oxygen atoms in total. The van der Waals surface area contributed by atoms with Crippen LogP contribution in [0.15, 0.2) is 137 Å². The Kier molecular flexibility index (Phi) is 12.4. The normalized spacial score (nSPS) is 18.9. The zero-order valence-corrected chi connectivity index (χ0v) is 32.8. The van der Waals surface area contributed by atoms with Crippen LogP contribution < -0.4 is 10.0 Å². The number of carbonyl (C=O) groups excluding carboxylic acids is 1. The number of hydrogen-bond donors (Lipinski definition) is 4. The van der Waals surface area contributed by atoms with Gasteiger partial charge in [0.1, 0.15) is 11.8 Å². The number of nitrogens with one attached hydrogen (secondary N) is 2. The minimum atomic E-state index is -4.01. The number of amides is 1. The number of sulfonamides is 1. The van der Waals surface area contributed by atoms with Gasteiger partial charge in [0.2, 0.25) is 21.1 Å². The number of rotatable bonds is 14. The van der Waals surface area contributed by atoms with Crippen molar-refractivity contribution in [1.29, 1.82) is 0 Å². The maximum atomic E-state index is 13.8. The summed E-state index contributed by atoms with van der Waals surface area (Å²) < 4.78 is 44.2. The van der Waals surface area contributed by atoms with Crippen molar-refractivity contribution in [2.75, 3.05) is 11.1 Å². The van der Waals surface area contributed by atoms with Gasteiger partial charge in [-0.2, -0.15) is 9.40 Å². The van der Waals surface area contributed by atoms with E-state index in [1.165, 1.54) is 23.9 Å². The predicted octanol–water partition coefficient (Wildman–Crippen LogP) is 6.28. The summed E-state index contributed by atoms with van der Waals surface area (Å²) in [5.41, 5.74) is 5.30. The molecule has 1 aliphatic rings. The highest BCUT2D eigenvalue weighted by molar-refractivity contribution is 7.99. The number of aromatic hydroxyl groups is 1. The van der Waals surface area contributed by atoms with Gasteiger partial charge in [-0.3, -0.25) is 4.79 Å². The molecule has 0 bridgehead atoms. The van der Waals surface area contributed by atoms with Crippen molar-refractivity contribution in [3.05, 3.63) is 155 Å².